The highest BCUT2D eigenvalue weighted by Crippen LogP contribution is 2.47. The predicted molar refractivity (Wildman–Crippen MR) is 111 cm³/mol. The molecule has 0 saturated carbocycles. The first kappa shape index (κ1) is 19.8. The van der Waals surface area contributed by atoms with Gasteiger partial charge in [0.05, 0.1) is 26.9 Å². The average molecular weight is 382 g/mol. The SMILES string of the molecule is COc1c(OC)c(OC)c2c(=O)c(-c3ccccc3)c(C)oc2c1CC(C)C. The molecule has 0 bridgehead atoms. The summed E-state index contributed by atoms with van der Waals surface area (Å²) < 4.78 is 23.1. The van der Waals surface area contributed by atoms with E-state index in [2.05, 4.69) is 13.8 Å². The van der Waals surface area contributed by atoms with E-state index in [1.807, 2.05) is 37.3 Å². The summed E-state index contributed by atoms with van der Waals surface area (Å²) in [5.74, 6) is 2.16. The second-order valence-electron chi connectivity index (χ2n) is 7.11. The summed E-state index contributed by atoms with van der Waals surface area (Å²) in [7, 11) is 4.63. The predicted octanol–water partition coefficient (Wildman–Crippen LogP) is 4.99. The van der Waals surface area contributed by atoms with E-state index in [-0.39, 0.29) is 5.43 Å². The molecule has 0 spiro atoms. The summed E-state index contributed by atoms with van der Waals surface area (Å²) in [6.45, 7) is 6.02. The van der Waals surface area contributed by atoms with Gasteiger partial charge in [-0.15, -0.1) is 0 Å². The van der Waals surface area contributed by atoms with Gasteiger partial charge in [0.15, 0.2) is 11.5 Å². The van der Waals surface area contributed by atoms with Crippen LogP contribution in [0.3, 0.4) is 0 Å². The zero-order chi connectivity index (χ0) is 20.4. The van der Waals surface area contributed by atoms with Gasteiger partial charge in [0, 0.05) is 5.56 Å². The minimum atomic E-state index is -0.146. The Hall–Kier alpha value is -2.95. The molecule has 3 aromatic rings. The Labute approximate surface area is 164 Å². The zero-order valence-corrected chi connectivity index (χ0v) is 17.2. The summed E-state index contributed by atoms with van der Waals surface area (Å²) in [5.41, 5.74) is 2.48. The van der Waals surface area contributed by atoms with E-state index in [4.69, 9.17) is 18.6 Å². The molecule has 2 aromatic carbocycles. The number of ether oxygens (including phenoxy) is 3. The van der Waals surface area contributed by atoms with Crippen molar-refractivity contribution in [1.29, 1.82) is 0 Å². The molecule has 0 N–H and O–H groups in total. The Bertz CT molecular complexity index is 1050. The molecule has 5 heteroatoms. The van der Waals surface area contributed by atoms with Gasteiger partial charge in [-0.2, -0.15) is 0 Å². The lowest BCUT2D eigenvalue weighted by Gasteiger charge is -2.20. The van der Waals surface area contributed by atoms with E-state index in [1.54, 1.807) is 14.2 Å². The number of aryl methyl sites for hydroxylation is 1. The van der Waals surface area contributed by atoms with Crippen molar-refractivity contribution >= 4 is 11.0 Å². The molecule has 0 atom stereocenters. The van der Waals surface area contributed by atoms with Crippen molar-refractivity contribution < 1.29 is 18.6 Å². The Morgan fingerprint density at radius 3 is 2.07 bits per heavy atom. The van der Waals surface area contributed by atoms with Gasteiger partial charge >= 0.3 is 0 Å². The highest BCUT2D eigenvalue weighted by molar-refractivity contribution is 5.95. The van der Waals surface area contributed by atoms with Crippen LogP contribution in [0.1, 0.15) is 25.2 Å². The molecule has 28 heavy (non-hydrogen) atoms. The Morgan fingerprint density at radius 2 is 1.54 bits per heavy atom. The zero-order valence-electron chi connectivity index (χ0n) is 17.2. The van der Waals surface area contributed by atoms with E-state index in [0.717, 1.165) is 11.1 Å². The molecule has 3 rings (SSSR count). The maximum atomic E-state index is 13.6. The number of hydrogen-bond donors (Lipinski definition) is 0. The first-order valence-corrected chi connectivity index (χ1v) is 9.28. The van der Waals surface area contributed by atoms with Crippen molar-refractivity contribution in [3.63, 3.8) is 0 Å². The maximum Gasteiger partial charge on any atom is 0.204 e. The van der Waals surface area contributed by atoms with Crippen molar-refractivity contribution in [3.8, 4) is 28.4 Å². The first-order valence-electron chi connectivity index (χ1n) is 9.28. The van der Waals surface area contributed by atoms with Gasteiger partial charge < -0.3 is 18.6 Å². The van der Waals surface area contributed by atoms with Crippen LogP contribution in [0.15, 0.2) is 39.5 Å². The van der Waals surface area contributed by atoms with Crippen molar-refractivity contribution in [2.24, 2.45) is 5.92 Å². The second kappa shape index (κ2) is 7.97. The highest BCUT2D eigenvalue weighted by atomic mass is 16.5. The maximum absolute atomic E-state index is 13.6. The fourth-order valence-electron chi connectivity index (χ4n) is 3.65. The van der Waals surface area contributed by atoms with Crippen LogP contribution < -0.4 is 19.6 Å². The van der Waals surface area contributed by atoms with Crippen LogP contribution >= 0.6 is 0 Å². The molecular weight excluding hydrogens is 356 g/mol. The summed E-state index contributed by atoms with van der Waals surface area (Å²) >= 11 is 0. The fourth-order valence-corrected chi connectivity index (χ4v) is 3.65. The van der Waals surface area contributed by atoms with Crippen LogP contribution in [0.2, 0.25) is 0 Å². The lowest BCUT2D eigenvalue weighted by atomic mass is 9.96. The van der Waals surface area contributed by atoms with Crippen molar-refractivity contribution in [3.05, 3.63) is 51.9 Å². The number of rotatable bonds is 6. The van der Waals surface area contributed by atoms with E-state index in [1.165, 1.54) is 7.11 Å². The first-order chi connectivity index (χ1) is 13.4. The van der Waals surface area contributed by atoms with Gasteiger partial charge in [0.25, 0.3) is 0 Å². The molecule has 1 heterocycles. The fraction of sp³-hybridized carbons (Fsp3) is 0.348. The van der Waals surface area contributed by atoms with E-state index in [0.29, 0.717) is 51.9 Å². The number of hydrogen-bond acceptors (Lipinski definition) is 5. The van der Waals surface area contributed by atoms with Crippen molar-refractivity contribution in [2.75, 3.05) is 21.3 Å². The van der Waals surface area contributed by atoms with E-state index >= 15 is 0 Å². The van der Waals surface area contributed by atoms with Gasteiger partial charge in [0.2, 0.25) is 11.2 Å². The Kier molecular flexibility index (Phi) is 5.63. The minimum absolute atomic E-state index is 0.146. The summed E-state index contributed by atoms with van der Waals surface area (Å²) in [5, 5.41) is 0.375. The van der Waals surface area contributed by atoms with E-state index in [9.17, 15) is 4.79 Å². The molecule has 0 radical (unpaired) electrons. The molecule has 0 aliphatic carbocycles. The van der Waals surface area contributed by atoms with Crippen LogP contribution in [0.25, 0.3) is 22.1 Å². The molecule has 0 fully saturated rings. The lowest BCUT2D eigenvalue weighted by molar-refractivity contribution is 0.323. The van der Waals surface area contributed by atoms with Crippen LogP contribution in [0, 0.1) is 12.8 Å². The molecule has 0 amide bonds. The van der Waals surface area contributed by atoms with Crippen molar-refractivity contribution in [2.45, 2.75) is 27.2 Å². The van der Waals surface area contributed by atoms with Gasteiger partial charge in [0.1, 0.15) is 16.7 Å². The number of benzene rings is 2. The smallest absolute Gasteiger partial charge is 0.204 e. The van der Waals surface area contributed by atoms with Gasteiger partial charge in [-0.25, -0.2) is 0 Å². The Morgan fingerprint density at radius 1 is 0.929 bits per heavy atom. The average Bonchev–Trinajstić information content (AvgIpc) is 2.68. The molecule has 0 aliphatic heterocycles. The standard InChI is InChI=1S/C23H26O5/c1-13(2)12-16-20-18(22(26-5)23(27-6)21(16)25-4)19(24)17(14(3)28-20)15-10-8-7-9-11-15/h7-11,13H,12H2,1-6H3. The third kappa shape index (κ3) is 3.21. The monoisotopic (exact) mass is 382 g/mol. The van der Waals surface area contributed by atoms with Crippen LogP contribution in [-0.4, -0.2) is 21.3 Å². The highest BCUT2D eigenvalue weighted by Gasteiger charge is 2.28. The minimum Gasteiger partial charge on any atom is -0.492 e. The largest absolute Gasteiger partial charge is 0.492 e. The van der Waals surface area contributed by atoms with Gasteiger partial charge in [-0.05, 0) is 24.8 Å². The molecule has 0 saturated heterocycles. The van der Waals surface area contributed by atoms with E-state index < -0.39 is 0 Å². The quantitative estimate of drug-likeness (QED) is 0.601. The van der Waals surface area contributed by atoms with Crippen LogP contribution in [-0.2, 0) is 6.42 Å². The van der Waals surface area contributed by atoms with Crippen LogP contribution in [0.5, 0.6) is 17.2 Å². The van der Waals surface area contributed by atoms with Gasteiger partial charge in [-0.3, -0.25) is 4.79 Å². The second-order valence-corrected chi connectivity index (χ2v) is 7.11. The molecule has 5 nitrogen and oxygen atoms in total. The topological polar surface area (TPSA) is 57.9 Å². The normalized spacial score (nSPS) is 11.1. The molecule has 1 aromatic heterocycles. The summed E-state index contributed by atoms with van der Waals surface area (Å²) in [4.78, 5) is 13.6. The molecule has 0 aliphatic rings. The molecule has 0 unspecified atom stereocenters. The number of methoxy groups -OCH3 is 3. The summed E-state index contributed by atoms with van der Waals surface area (Å²) in [6, 6.07) is 9.50. The molecule has 148 valence electrons. The number of fused-ring (bicyclic) bond motifs is 1. The van der Waals surface area contributed by atoms with Crippen molar-refractivity contribution in [1.82, 2.24) is 0 Å². The lowest BCUT2D eigenvalue weighted by Crippen LogP contribution is -2.12. The third-order valence-corrected chi connectivity index (χ3v) is 4.76. The van der Waals surface area contributed by atoms with Gasteiger partial charge in [-0.1, -0.05) is 44.2 Å². The Balaban J connectivity index is 2.53. The van der Waals surface area contributed by atoms with Crippen LogP contribution in [0.4, 0.5) is 0 Å². The molecular formula is C23H26O5. The third-order valence-electron chi connectivity index (χ3n) is 4.76. The summed E-state index contributed by atoms with van der Waals surface area (Å²) in [6.07, 6.45) is 0.674.